The van der Waals surface area contributed by atoms with Crippen LogP contribution in [0.25, 0.3) is 111 Å². The van der Waals surface area contributed by atoms with Crippen LogP contribution in [0.3, 0.4) is 0 Å². The molecule has 0 saturated carbocycles. The number of para-hydroxylation sites is 2. The van der Waals surface area contributed by atoms with E-state index >= 15 is 0 Å². The maximum absolute atomic E-state index is 6.26. The minimum atomic E-state index is 0.562. The highest BCUT2D eigenvalue weighted by molar-refractivity contribution is 6.06. The van der Waals surface area contributed by atoms with Crippen LogP contribution in [0.15, 0.2) is 185 Å². The molecule has 3 heterocycles. The number of benzene rings is 8. The Morgan fingerprint density at radius 3 is 1.28 bits per heavy atom. The maximum atomic E-state index is 6.26. The van der Waals surface area contributed by atoms with E-state index in [9.17, 15) is 0 Å². The second-order valence-electron chi connectivity index (χ2n) is 13.6. The number of rotatable bonds is 5. The SMILES string of the molecule is c1cc(-c2ccc(-c3ccc4ccccc4c3)cc2)cc(-c2nc(-c3ccc4c(c3)oc3ccccc34)nc(-c3ccc4c(c3)oc3ccccc34)n2)c1. The summed E-state index contributed by atoms with van der Waals surface area (Å²) in [6.45, 7) is 0. The van der Waals surface area contributed by atoms with E-state index < -0.39 is 0 Å². The zero-order valence-electron chi connectivity index (χ0n) is 28.9. The van der Waals surface area contributed by atoms with Crippen LogP contribution >= 0.6 is 0 Å². The van der Waals surface area contributed by atoms with Gasteiger partial charge in [0.15, 0.2) is 17.5 Å². The zero-order valence-corrected chi connectivity index (χ0v) is 28.9. The lowest BCUT2D eigenvalue weighted by Gasteiger charge is -2.10. The molecule has 0 atom stereocenters. The second-order valence-corrected chi connectivity index (χ2v) is 13.6. The molecule has 0 aliphatic carbocycles. The molecular weight excluding hydrogens is 663 g/mol. The van der Waals surface area contributed by atoms with E-state index in [1.807, 2.05) is 48.5 Å². The smallest absolute Gasteiger partial charge is 0.164 e. The largest absolute Gasteiger partial charge is 0.456 e. The van der Waals surface area contributed by atoms with Gasteiger partial charge in [-0.25, -0.2) is 15.0 Å². The van der Waals surface area contributed by atoms with Crippen LogP contribution in [0, 0.1) is 0 Å². The third-order valence-corrected chi connectivity index (χ3v) is 10.3. The van der Waals surface area contributed by atoms with Crippen molar-refractivity contribution in [2.24, 2.45) is 0 Å². The Balaban J connectivity index is 1.02. The molecule has 5 nitrogen and oxygen atoms in total. The van der Waals surface area contributed by atoms with Crippen LogP contribution < -0.4 is 0 Å². The Morgan fingerprint density at radius 2 is 0.685 bits per heavy atom. The summed E-state index contributed by atoms with van der Waals surface area (Å²) >= 11 is 0. The summed E-state index contributed by atoms with van der Waals surface area (Å²) in [5.74, 6) is 1.71. The molecular formula is C49H29N3O2. The molecule has 8 aromatic carbocycles. The number of nitrogens with zero attached hydrogens (tertiary/aromatic N) is 3. The summed E-state index contributed by atoms with van der Waals surface area (Å²) in [6, 6.07) is 60.7. The van der Waals surface area contributed by atoms with Gasteiger partial charge >= 0.3 is 0 Å². The molecule has 11 rings (SSSR count). The van der Waals surface area contributed by atoms with Gasteiger partial charge in [-0.15, -0.1) is 0 Å². The molecule has 0 aliphatic rings. The van der Waals surface area contributed by atoms with E-state index in [0.29, 0.717) is 17.5 Å². The summed E-state index contributed by atoms with van der Waals surface area (Å²) < 4.78 is 12.5. The lowest BCUT2D eigenvalue weighted by atomic mass is 9.97. The van der Waals surface area contributed by atoms with Crippen LogP contribution in [0.1, 0.15) is 0 Å². The van der Waals surface area contributed by atoms with Gasteiger partial charge in [0, 0.05) is 38.2 Å². The van der Waals surface area contributed by atoms with E-state index in [2.05, 4.69) is 127 Å². The van der Waals surface area contributed by atoms with Crippen molar-refractivity contribution in [3.8, 4) is 56.4 Å². The molecule has 0 bridgehead atoms. The molecule has 0 fully saturated rings. The summed E-state index contributed by atoms with van der Waals surface area (Å²) in [7, 11) is 0. The topological polar surface area (TPSA) is 65.0 Å². The zero-order chi connectivity index (χ0) is 35.6. The molecule has 0 aliphatic heterocycles. The van der Waals surface area contributed by atoms with Gasteiger partial charge in [0.2, 0.25) is 0 Å². The first kappa shape index (κ1) is 30.3. The first-order valence-corrected chi connectivity index (χ1v) is 18.0. The molecule has 0 amide bonds. The highest BCUT2D eigenvalue weighted by Gasteiger charge is 2.17. The number of hydrogen-bond donors (Lipinski definition) is 0. The van der Waals surface area contributed by atoms with E-state index in [1.54, 1.807) is 0 Å². The molecule has 0 N–H and O–H groups in total. The van der Waals surface area contributed by atoms with Crippen molar-refractivity contribution >= 4 is 54.6 Å². The molecule has 0 saturated heterocycles. The van der Waals surface area contributed by atoms with E-state index in [1.165, 1.54) is 21.9 Å². The predicted molar refractivity (Wildman–Crippen MR) is 219 cm³/mol. The highest BCUT2D eigenvalue weighted by atomic mass is 16.3. The van der Waals surface area contributed by atoms with Crippen LogP contribution in [0.4, 0.5) is 0 Å². The van der Waals surface area contributed by atoms with Crippen molar-refractivity contribution < 1.29 is 8.83 Å². The quantitative estimate of drug-likeness (QED) is 0.180. The molecule has 0 radical (unpaired) electrons. The molecule has 0 spiro atoms. The minimum absolute atomic E-state index is 0.562. The summed E-state index contributed by atoms with van der Waals surface area (Å²) in [6.07, 6.45) is 0. The molecule has 54 heavy (non-hydrogen) atoms. The number of fused-ring (bicyclic) bond motifs is 7. The third kappa shape index (κ3) is 5.13. The van der Waals surface area contributed by atoms with Gasteiger partial charge < -0.3 is 8.83 Å². The van der Waals surface area contributed by atoms with Crippen molar-refractivity contribution in [2.45, 2.75) is 0 Å². The highest BCUT2D eigenvalue weighted by Crippen LogP contribution is 2.35. The van der Waals surface area contributed by atoms with Gasteiger partial charge in [-0.05, 0) is 81.6 Å². The average Bonchev–Trinajstić information content (AvgIpc) is 3.81. The Hall–Kier alpha value is -7.37. The standard InChI is InChI=1S/C49H29N3O2/c1-2-9-33-26-35(21-20-30(33)8-1)32-18-16-31(17-19-32)34-10-7-11-36(27-34)47-50-48(37-22-24-41-39-12-3-5-14-43(39)53-45(41)28-37)52-49(51-47)38-23-25-42-40-13-4-6-15-44(40)54-46(42)29-38/h1-29H. The Bertz CT molecular complexity index is 3100. The maximum Gasteiger partial charge on any atom is 0.164 e. The van der Waals surface area contributed by atoms with Crippen molar-refractivity contribution in [1.29, 1.82) is 0 Å². The monoisotopic (exact) mass is 691 g/mol. The molecule has 11 aromatic rings. The number of furan rings is 2. The van der Waals surface area contributed by atoms with Crippen molar-refractivity contribution in [3.05, 3.63) is 176 Å². The first-order valence-electron chi connectivity index (χ1n) is 18.0. The number of hydrogen-bond acceptors (Lipinski definition) is 5. The predicted octanol–water partition coefficient (Wildman–Crippen LogP) is 13.2. The fourth-order valence-electron chi connectivity index (χ4n) is 7.56. The van der Waals surface area contributed by atoms with Gasteiger partial charge in [0.25, 0.3) is 0 Å². The lowest BCUT2D eigenvalue weighted by Crippen LogP contribution is -2.00. The van der Waals surface area contributed by atoms with Crippen molar-refractivity contribution in [1.82, 2.24) is 15.0 Å². The van der Waals surface area contributed by atoms with E-state index in [-0.39, 0.29) is 0 Å². The van der Waals surface area contributed by atoms with Gasteiger partial charge in [-0.2, -0.15) is 0 Å². The first-order chi connectivity index (χ1) is 26.7. The van der Waals surface area contributed by atoms with Crippen LogP contribution in [-0.4, -0.2) is 15.0 Å². The van der Waals surface area contributed by atoms with Gasteiger partial charge in [-0.1, -0.05) is 127 Å². The fraction of sp³-hybridized carbons (Fsp3) is 0. The molecule has 252 valence electrons. The van der Waals surface area contributed by atoms with Gasteiger partial charge in [-0.3, -0.25) is 0 Å². The second kappa shape index (κ2) is 12.1. The summed E-state index contributed by atoms with van der Waals surface area (Å²) in [5, 5.41) is 6.74. The Morgan fingerprint density at radius 1 is 0.259 bits per heavy atom. The van der Waals surface area contributed by atoms with Gasteiger partial charge in [0.05, 0.1) is 0 Å². The van der Waals surface area contributed by atoms with Crippen molar-refractivity contribution in [3.63, 3.8) is 0 Å². The van der Waals surface area contributed by atoms with Gasteiger partial charge in [0.1, 0.15) is 22.3 Å². The lowest BCUT2D eigenvalue weighted by molar-refractivity contribution is 0.668. The fourth-order valence-corrected chi connectivity index (χ4v) is 7.56. The summed E-state index contributed by atoms with van der Waals surface area (Å²) in [4.78, 5) is 15.2. The average molecular weight is 692 g/mol. The molecule has 0 unspecified atom stereocenters. The van der Waals surface area contributed by atoms with Crippen LogP contribution in [0.5, 0.6) is 0 Å². The number of aromatic nitrogens is 3. The Labute approximate surface area is 309 Å². The molecule has 5 heteroatoms. The van der Waals surface area contributed by atoms with Crippen molar-refractivity contribution in [2.75, 3.05) is 0 Å². The van der Waals surface area contributed by atoms with E-state index in [4.69, 9.17) is 23.8 Å². The molecule has 3 aromatic heterocycles. The van der Waals surface area contributed by atoms with E-state index in [0.717, 1.165) is 71.7 Å². The third-order valence-electron chi connectivity index (χ3n) is 10.3. The minimum Gasteiger partial charge on any atom is -0.456 e. The van der Waals surface area contributed by atoms with Crippen LogP contribution in [-0.2, 0) is 0 Å². The van der Waals surface area contributed by atoms with Crippen LogP contribution in [0.2, 0.25) is 0 Å². The Kier molecular flexibility index (Phi) is 6.79. The summed E-state index contributed by atoms with van der Waals surface area (Å²) in [5.41, 5.74) is 10.4. The normalized spacial score (nSPS) is 11.7.